The molecular weight excluding hydrogens is 210 g/mol. The Bertz CT molecular complexity index is 302. The van der Waals surface area contributed by atoms with E-state index in [1.165, 1.54) is 5.56 Å². The zero-order valence-corrected chi connectivity index (χ0v) is 10.2. The average Bonchev–Trinajstić information content (AvgIpc) is 2.14. The van der Waals surface area contributed by atoms with Crippen LogP contribution in [-0.2, 0) is 0 Å². The smallest absolute Gasteiger partial charge is 0.0715 e. The summed E-state index contributed by atoms with van der Waals surface area (Å²) >= 11 is 5.81. The molecule has 0 radical (unpaired) electrons. The predicted octanol–water partition coefficient (Wildman–Crippen LogP) is 2.76. The van der Waals surface area contributed by atoms with E-state index in [1.807, 2.05) is 24.3 Å². The van der Waals surface area contributed by atoms with E-state index in [0.717, 1.165) is 5.02 Å². The van der Waals surface area contributed by atoms with E-state index in [2.05, 4.69) is 12.2 Å². The predicted molar refractivity (Wildman–Crippen MR) is 64.2 cm³/mol. The van der Waals surface area contributed by atoms with E-state index >= 15 is 0 Å². The Morgan fingerprint density at radius 3 is 2.33 bits per heavy atom. The lowest BCUT2D eigenvalue weighted by Crippen LogP contribution is -2.36. The van der Waals surface area contributed by atoms with Crippen LogP contribution in [0.15, 0.2) is 24.3 Å². The molecule has 0 saturated carbocycles. The molecule has 0 aliphatic carbocycles. The lowest BCUT2D eigenvalue weighted by molar-refractivity contribution is 0.0770. The van der Waals surface area contributed by atoms with Gasteiger partial charge < -0.3 is 10.4 Å². The fourth-order valence-corrected chi connectivity index (χ4v) is 1.40. The molecule has 0 heterocycles. The fraction of sp³-hybridized carbons (Fsp3) is 0.500. The molecule has 2 nitrogen and oxygen atoms in total. The van der Waals surface area contributed by atoms with E-state index in [0.29, 0.717) is 6.54 Å². The molecule has 1 aromatic carbocycles. The van der Waals surface area contributed by atoms with Crippen molar-refractivity contribution < 1.29 is 5.11 Å². The Labute approximate surface area is 96.3 Å². The van der Waals surface area contributed by atoms with Gasteiger partial charge in [-0.15, -0.1) is 0 Å². The monoisotopic (exact) mass is 227 g/mol. The second-order valence-electron chi connectivity index (χ2n) is 4.47. The normalized spacial score (nSPS) is 13.9. The molecule has 3 heteroatoms. The Hall–Kier alpha value is -0.570. The number of aliphatic hydroxyl groups is 1. The Balaban J connectivity index is 2.54. The number of halogens is 1. The summed E-state index contributed by atoms with van der Waals surface area (Å²) in [5.74, 6) is 0. The van der Waals surface area contributed by atoms with Gasteiger partial charge in [-0.1, -0.05) is 23.7 Å². The summed E-state index contributed by atoms with van der Waals surface area (Å²) in [6.07, 6.45) is 0. The van der Waals surface area contributed by atoms with Crippen molar-refractivity contribution >= 4 is 11.6 Å². The minimum absolute atomic E-state index is 0.216. The van der Waals surface area contributed by atoms with Gasteiger partial charge in [-0.25, -0.2) is 0 Å². The average molecular weight is 228 g/mol. The molecule has 2 N–H and O–H groups in total. The van der Waals surface area contributed by atoms with Crippen LogP contribution < -0.4 is 5.32 Å². The molecule has 0 unspecified atom stereocenters. The maximum atomic E-state index is 9.57. The molecule has 0 fully saturated rings. The van der Waals surface area contributed by atoms with Crippen LogP contribution >= 0.6 is 11.6 Å². The summed E-state index contributed by atoms with van der Waals surface area (Å²) in [7, 11) is 0. The highest BCUT2D eigenvalue weighted by Gasteiger charge is 2.14. The van der Waals surface area contributed by atoms with Crippen molar-refractivity contribution in [3.63, 3.8) is 0 Å². The van der Waals surface area contributed by atoms with E-state index in [4.69, 9.17) is 11.6 Å². The van der Waals surface area contributed by atoms with Gasteiger partial charge in [0.15, 0.2) is 0 Å². The summed E-state index contributed by atoms with van der Waals surface area (Å²) in [5.41, 5.74) is 0.490. The first-order valence-corrected chi connectivity index (χ1v) is 5.47. The van der Waals surface area contributed by atoms with Crippen LogP contribution in [-0.4, -0.2) is 17.3 Å². The SMILES string of the molecule is C[C@@H](NCC(C)(C)O)c1ccc(Cl)cc1. The molecular formula is C12H18ClNO. The molecule has 0 amide bonds. The van der Waals surface area contributed by atoms with Crippen LogP contribution in [0.4, 0.5) is 0 Å². The van der Waals surface area contributed by atoms with Gasteiger partial charge in [0.05, 0.1) is 5.60 Å². The van der Waals surface area contributed by atoms with Gasteiger partial charge in [0, 0.05) is 17.6 Å². The minimum Gasteiger partial charge on any atom is -0.389 e. The topological polar surface area (TPSA) is 32.3 Å². The van der Waals surface area contributed by atoms with Gasteiger partial charge in [0.25, 0.3) is 0 Å². The standard InChI is InChI=1S/C12H18ClNO/c1-9(14-8-12(2,3)15)10-4-6-11(13)7-5-10/h4-7,9,14-15H,8H2,1-3H3/t9-/m1/s1. The van der Waals surface area contributed by atoms with Crippen LogP contribution in [0, 0.1) is 0 Å². The largest absolute Gasteiger partial charge is 0.389 e. The van der Waals surface area contributed by atoms with Crippen molar-refractivity contribution in [3.05, 3.63) is 34.9 Å². The minimum atomic E-state index is -0.680. The van der Waals surface area contributed by atoms with E-state index in [1.54, 1.807) is 13.8 Å². The molecule has 0 aliphatic heterocycles. The van der Waals surface area contributed by atoms with E-state index in [9.17, 15) is 5.11 Å². The fourth-order valence-electron chi connectivity index (χ4n) is 1.27. The summed E-state index contributed by atoms with van der Waals surface area (Å²) < 4.78 is 0. The highest BCUT2D eigenvalue weighted by molar-refractivity contribution is 6.30. The van der Waals surface area contributed by atoms with Gasteiger partial charge in [-0.2, -0.15) is 0 Å². The molecule has 1 rings (SSSR count). The van der Waals surface area contributed by atoms with Crippen molar-refractivity contribution in [1.82, 2.24) is 5.32 Å². The summed E-state index contributed by atoms with van der Waals surface area (Å²) in [6.45, 7) is 6.20. The van der Waals surface area contributed by atoms with E-state index in [-0.39, 0.29) is 6.04 Å². The third kappa shape index (κ3) is 4.65. The van der Waals surface area contributed by atoms with Crippen LogP contribution in [0.3, 0.4) is 0 Å². The van der Waals surface area contributed by atoms with Crippen molar-refractivity contribution in [2.75, 3.05) is 6.54 Å². The number of hydrogen-bond acceptors (Lipinski definition) is 2. The summed E-state index contributed by atoms with van der Waals surface area (Å²) in [5, 5.41) is 13.6. The number of rotatable bonds is 4. The number of nitrogens with one attached hydrogen (secondary N) is 1. The van der Waals surface area contributed by atoms with Gasteiger partial charge >= 0.3 is 0 Å². The van der Waals surface area contributed by atoms with Gasteiger partial charge in [-0.05, 0) is 38.5 Å². The molecule has 0 aliphatic rings. The van der Waals surface area contributed by atoms with Crippen molar-refractivity contribution in [1.29, 1.82) is 0 Å². The molecule has 0 spiro atoms. The quantitative estimate of drug-likeness (QED) is 0.829. The second kappa shape index (κ2) is 4.97. The van der Waals surface area contributed by atoms with Gasteiger partial charge in [-0.3, -0.25) is 0 Å². The lowest BCUT2D eigenvalue weighted by Gasteiger charge is -2.22. The number of hydrogen-bond donors (Lipinski definition) is 2. The third-order valence-corrected chi connectivity index (χ3v) is 2.46. The second-order valence-corrected chi connectivity index (χ2v) is 4.90. The zero-order chi connectivity index (χ0) is 11.5. The molecule has 84 valence electrons. The number of benzene rings is 1. The first kappa shape index (κ1) is 12.5. The maximum absolute atomic E-state index is 9.57. The van der Waals surface area contributed by atoms with Crippen molar-refractivity contribution in [2.24, 2.45) is 0 Å². The van der Waals surface area contributed by atoms with Crippen LogP contribution in [0.5, 0.6) is 0 Å². The van der Waals surface area contributed by atoms with Crippen LogP contribution in [0.25, 0.3) is 0 Å². The third-order valence-electron chi connectivity index (χ3n) is 2.21. The van der Waals surface area contributed by atoms with Gasteiger partial charge in [0.1, 0.15) is 0 Å². The summed E-state index contributed by atoms with van der Waals surface area (Å²) in [6, 6.07) is 7.95. The summed E-state index contributed by atoms with van der Waals surface area (Å²) in [4.78, 5) is 0. The highest BCUT2D eigenvalue weighted by Crippen LogP contribution is 2.16. The first-order valence-electron chi connectivity index (χ1n) is 5.10. The lowest BCUT2D eigenvalue weighted by atomic mass is 10.1. The highest BCUT2D eigenvalue weighted by atomic mass is 35.5. The Morgan fingerprint density at radius 2 is 1.87 bits per heavy atom. The van der Waals surface area contributed by atoms with Crippen molar-refractivity contribution in [2.45, 2.75) is 32.4 Å². The Kier molecular flexibility index (Phi) is 4.14. The molecule has 1 atom stereocenters. The van der Waals surface area contributed by atoms with Crippen molar-refractivity contribution in [3.8, 4) is 0 Å². The molecule has 0 bridgehead atoms. The first-order chi connectivity index (χ1) is 6.88. The Morgan fingerprint density at radius 1 is 1.33 bits per heavy atom. The van der Waals surface area contributed by atoms with Crippen LogP contribution in [0.2, 0.25) is 5.02 Å². The van der Waals surface area contributed by atoms with Crippen LogP contribution in [0.1, 0.15) is 32.4 Å². The zero-order valence-electron chi connectivity index (χ0n) is 9.42. The van der Waals surface area contributed by atoms with Gasteiger partial charge in [0.2, 0.25) is 0 Å². The van der Waals surface area contributed by atoms with E-state index < -0.39 is 5.60 Å². The molecule has 0 aromatic heterocycles. The maximum Gasteiger partial charge on any atom is 0.0715 e. The molecule has 15 heavy (non-hydrogen) atoms. The molecule has 0 saturated heterocycles. The molecule has 1 aromatic rings.